The molecule has 6 heteroatoms. The highest BCUT2D eigenvalue weighted by molar-refractivity contribution is 7.89. The molecule has 0 saturated carbocycles. The third-order valence-corrected chi connectivity index (χ3v) is 7.16. The Morgan fingerprint density at radius 1 is 1.04 bits per heavy atom. The summed E-state index contributed by atoms with van der Waals surface area (Å²) in [6.45, 7) is 5.21. The van der Waals surface area contributed by atoms with Crippen molar-refractivity contribution in [2.75, 3.05) is 18.4 Å². The molecule has 1 amide bonds. The number of benzene rings is 2. The Bertz CT molecular complexity index is 931. The number of para-hydroxylation sites is 1. The highest BCUT2D eigenvalue weighted by Crippen LogP contribution is 2.23. The fourth-order valence-corrected chi connectivity index (χ4v) is 5.12. The molecular weight excluding hydrogens is 372 g/mol. The van der Waals surface area contributed by atoms with Gasteiger partial charge in [-0.25, -0.2) is 8.42 Å². The third kappa shape index (κ3) is 4.62. The van der Waals surface area contributed by atoms with Gasteiger partial charge in [0, 0.05) is 18.8 Å². The van der Waals surface area contributed by atoms with E-state index in [4.69, 9.17) is 0 Å². The summed E-state index contributed by atoms with van der Waals surface area (Å²) in [5.41, 5.74) is 3.81. The average molecular weight is 401 g/mol. The summed E-state index contributed by atoms with van der Waals surface area (Å²) in [4.78, 5) is 12.8. The van der Waals surface area contributed by atoms with Gasteiger partial charge in [0.1, 0.15) is 0 Å². The number of piperidine rings is 1. The van der Waals surface area contributed by atoms with Gasteiger partial charge in [0.25, 0.3) is 0 Å². The van der Waals surface area contributed by atoms with Gasteiger partial charge in [-0.2, -0.15) is 4.31 Å². The molecule has 1 heterocycles. The zero-order valence-corrected chi connectivity index (χ0v) is 17.4. The van der Waals surface area contributed by atoms with Gasteiger partial charge in [-0.1, -0.05) is 43.7 Å². The summed E-state index contributed by atoms with van der Waals surface area (Å²) in [6.07, 6.45) is 3.97. The molecule has 1 fully saturated rings. The van der Waals surface area contributed by atoms with Crippen LogP contribution in [0.25, 0.3) is 0 Å². The van der Waals surface area contributed by atoms with E-state index in [1.807, 2.05) is 25.1 Å². The van der Waals surface area contributed by atoms with Crippen molar-refractivity contribution in [3.8, 4) is 0 Å². The van der Waals surface area contributed by atoms with Gasteiger partial charge >= 0.3 is 0 Å². The number of hydrogen-bond acceptors (Lipinski definition) is 3. The molecule has 0 aromatic heterocycles. The maximum absolute atomic E-state index is 12.7. The predicted octanol–water partition coefficient (Wildman–Crippen LogP) is 3.91. The second kappa shape index (κ2) is 8.88. The van der Waals surface area contributed by atoms with Crippen LogP contribution in [0.2, 0.25) is 0 Å². The number of rotatable bonds is 6. The van der Waals surface area contributed by atoms with Crippen LogP contribution in [0.4, 0.5) is 5.69 Å². The Labute approximate surface area is 167 Å². The maximum Gasteiger partial charge on any atom is 0.243 e. The van der Waals surface area contributed by atoms with Crippen LogP contribution >= 0.6 is 0 Å². The molecule has 1 aliphatic heterocycles. The quantitative estimate of drug-likeness (QED) is 0.799. The van der Waals surface area contributed by atoms with Crippen LogP contribution in [0.3, 0.4) is 0 Å². The van der Waals surface area contributed by atoms with E-state index < -0.39 is 10.0 Å². The van der Waals surface area contributed by atoms with Gasteiger partial charge in [-0.3, -0.25) is 4.79 Å². The van der Waals surface area contributed by atoms with Crippen LogP contribution in [-0.4, -0.2) is 31.7 Å². The molecule has 1 aliphatic rings. The molecule has 0 aliphatic carbocycles. The van der Waals surface area contributed by atoms with E-state index in [-0.39, 0.29) is 12.3 Å². The summed E-state index contributed by atoms with van der Waals surface area (Å²) in [5, 5.41) is 3.01. The Kier molecular flexibility index (Phi) is 6.52. The van der Waals surface area contributed by atoms with Crippen molar-refractivity contribution in [1.82, 2.24) is 4.31 Å². The topological polar surface area (TPSA) is 66.5 Å². The molecule has 0 unspecified atom stereocenters. The van der Waals surface area contributed by atoms with E-state index in [1.54, 1.807) is 28.6 Å². The highest BCUT2D eigenvalue weighted by Gasteiger charge is 2.25. The van der Waals surface area contributed by atoms with Gasteiger partial charge in [0.05, 0.1) is 11.3 Å². The second-order valence-corrected chi connectivity index (χ2v) is 9.23. The second-order valence-electron chi connectivity index (χ2n) is 7.30. The molecule has 0 bridgehead atoms. The number of aryl methyl sites for hydroxylation is 2. The molecule has 3 rings (SSSR count). The lowest BCUT2D eigenvalue weighted by atomic mass is 10.1. The number of amides is 1. The average Bonchev–Trinajstić information content (AvgIpc) is 2.70. The minimum absolute atomic E-state index is 0.101. The van der Waals surface area contributed by atoms with Crippen molar-refractivity contribution in [3.05, 3.63) is 59.2 Å². The molecule has 2 aromatic carbocycles. The Hall–Kier alpha value is -2.18. The maximum atomic E-state index is 12.7. The number of nitrogens with one attached hydrogen (secondary N) is 1. The molecule has 0 atom stereocenters. The van der Waals surface area contributed by atoms with Crippen molar-refractivity contribution in [3.63, 3.8) is 0 Å². The van der Waals surface area contributed by atoms with Crippen LogP contribution in [0, 0.1) is 6.92 Å². The molecule has 1 N–H and O–H groups in total. The summed E-state index contributed by atoms with van der Waals surface area (Å²) < 4.78 is 27.0. The fourth-order valence-electron chi connectivity index (χ4n) is 3.60. The minimum atomic E-state index is -3.44. The van der Waals surface area contributed by atoms with Crippen molar-refractivity contribution >= 4 is 21.6 Å². The third-order valence-electron chi connectivity index (χ3n) is 5.25. The summed E-state index contributed by atoms with van der Waals surface area (Å²) in [5.74, 6) is -0.101. The number of nitrogens with zero attached hydrogens (tertiary/aromatic N) is 1. The number of anilines is 1. The first-order valence-corrected chi connectivity index (χ1v) is 11.3. The predicted molar refractivity (Wildman–Crippen MR) is 112 cm³/mol. The van der Waals surface area contributed by atoms with Crippen molar-refractivity contribution < 1.29 is 13.2 Å². The van der Waals surface area contributed by atoms with Gasteiger partial charge in [-0.15, -0.1) is 0 Å². The summed E-state index contributed by atoms with van der Waals surface area (Å²) in [6, 6.07) is 12.7. The van der Waals surface area contributed by atoms with Crippen LogP contribution in [0.5, 0.6) is 0 Å². The van der Waals surface area contributed by atoms with E-state index in [2.05, 4.69) is 12.2 Å². The minimum Gasteiger partial charge on any atom is -0.325 e. The van der Waals surface area contributed by atoms with Crippen LogP contribution < -0.4 is 5.32 Å². The van der Waals surface area contributed by atoms with Crippen LogP contribution in [-0.2, 0) is 27.7 Å². The number of carbonyl (C=O) groups excluding carboxylic acids is 1. The molecule has 150 valence electrons. The molecule has 0 spiro atoms. The smallest absolute Gasteiger partial charge is 0.243 e. The first-order valence-electron chi connectivity index (χ1n) is 9.89. The lowest BCUT2D eigenvalue weighted by Gasteiger charge is -2.25. The summed E-state index contributed by atoms with van der Waals surface area (Å²) in [7, 11) is -3.44. The van der Waals surface area contributed by atoms with Crippen molar-refractivity contribution in [2.24, 2.45) is 0 Å². The highest BCUT2D eigenvalue weighted by atomic mass is 32.2. The Balaban J connectivity index is 1.68. The molecule has 1 saturated heterocycles. The van der Waals surface area contributed by atoms with E-state index in [0.717, 1.165) is 48.1 Å². The molecule has 5 nitrogen and oxygen atoms in total. The number of sulfonamides is 1. The normalized spacial score (nSPS) is 15.4. The number of carbonyl (C=O) groups is 1. The lowest BCUT2D eigenvalue weighted by molar-refractivity contribution is -0.115. The van der Waals surface area contributed by atoms with E-state index in [0.29, 0.717) is 18.0 Å². The molecular formula is C22H28N2O3S. The van der Waals surface area contributed by atoms with Crippen LogP contribution in [0.1, 0.15) is 42.9 Å². The fraction of sp³-hybridized carbons (Fsp3) is 0.409. The van der Waals surface area contributed by atoms with Crippen LogP contribution in [0.15, 0.2) is 47.4 Å². The number of hydrogen-bond donors (Lipinski definition) is 1. The van der Waals surface area contributed by atoms with Crippen molar-refractivity contribution in [2.45, 2.75) is 50.8 Å². The Morgan fingerprint density at radius 3 is 2.36 bits per heavy atom. The zero-order chi connectivity index (χ0) is 20.1. The van der Waals surface area contributed by atoms with E-state index in [9.17, 15) is 13.2 Å². The monoisotopic (exact) mass is 400 g/mol. The standard InChI is InChI=1S/C22H28N2O3S/c1-3-19-9-7-8-17(2)22(19)23-21(25)16-18-10-12-20(13-11-18)28(26,27)24-14-5-4-6-15-24/h7-13H,3-6,14-16H2,1-2H3,(H,23,25). The molecule has 28 heavy (non-hydrogen) atoms. The van der Waals surface area contributed by atoms with Gasteiger partial charge in [0.15, 0.2) is 0 Å². The molecule has 2 aromatic rings. The first-order chi connectivity index (χ1) is 13.4. The van der Waals surface area contributed by atoms with Gasteiger partial charge < -0.3 is 5.32 Å². The Morgan fingerprint density at radius 2 is 1.71 bits per heavy atom. The lowest BCUT2D eigenvalue weighted by Crippen LogP contribution is -2.35. The summed E-state index contributed by atoms with van der Waals surface area (Å²) >= 11 is 0. The zero-order valence-electron chi connectivity index (χ0n) is 16.6. The van der Waals surface area contributed by atoms with Gasteiger partial charge in [-0.05, 0) is 55.0 Å². The molecule has 0 radical (unpaired) electrons. The van der Waals surface area contributed by atoms with Crippen molar-refractivity contribution in [1.29, 1.82) is 0 Å². The van der Waals surface area contributed by atoms with E-state index >= 15 is 0 Å². The first kappa shape index (κ1) is 20.6. The van der Waals surface area contributed by atoms with Gasteiger partial charge in [0.2, 0.25) is 15.9 Å². The van der Waals surface area contributed by atoms with E-state index in [1.165, 1.54) is 0 Å². The largest absolute Gasteiger partial charge is 0.325 e. The SMILES string of the molecule is CCc1cccc(C)c1NC(=O)Cc1ccc(S(=O)(=O)N2CCCCC2)cc1.